The van der Waals surface area contributed by atoms with E-state index in [0.717, 1.165) is 24.6 Å². The zero-order chi connectivity index (χ0) is 18.6. The van der Waals surface area contributed by atoms with E-state index in [-0.39, 0.29) is 6.10 Å². The van der Waals surface area contributed by atoms with Crippen LogP contribution in [-0.2, 0) is 11.3 Å². The quantitative estimate of drug-likeness (QED) is 0.411. The largest absolute Gasteiger partial charge is 0.481 e. The van der Waals surface area contributed by atoms with Crippen LogP contribution in [0.3, 0.4) is 0 Å². The van der Waals surface area contributed by atoms with Gasteiger partial charge in [0.15, 0.2) is 5.96 Å². The summed E-state index contributed by atoms with van der Waals surface area (Å²) in [6.45, 7) is 4.13. The number of ether oxygens (including phenoxy) is 2. The van der Waals surface area contributed by atoms with Crippen molar-refractivity contribution in [1.29, 1.82) is 0 Å². The summed E-state index contributed by atoms with van der Waals surface area (Å²) in [6, 6.07) is 15.9. The molecule has 0 spiro atoms. The van der Waals surface area contributed by atoms with Crippen molar-refractivity contribution in [3.63, 3.8) is 0 Å². The van der Waals surface area contributed by atoms with Crippen molar-refractivity contribution in [3.8, 4) is 5.88 Å². The Morgan fingerprint density at radius 2 is 1.92 bits per heavy atom. The predicted octanol–water partition coefficient (Wildman–Crippen LogP) is 2.92. The van der Waals surface area contributed by atoms with Gasteiger partial charge in [-0.25, -0.2) is 4.98 Å². The molecule has 0 fully saturated rings. The summed E-state index contributed by atoms with van der Waals surface area (Å²) in [7, 11) is 3.36. The van der Waals surface area contributed by atoms with E-state index in [9.17, 15) is 0 Å². The molecule has 1 heterocycles. The number of aliphatic imine (C=N–C) groups is 1. The molecule has 0 radical (unpaired) electrons. The van der Waals surface area contributed by atoms with Crippen molar-refractivity contribution >= 4 is 5.96 Å². The van der Waals surface area contributed by atoms with Gasteiger partial charge in [0.1, 0.15) is 0 Å². The normalized spacial score (nSPS) is 12.5. The summed E-state index contributed by atoms with van der Waals surface area (Å²) in [5.74, 6) is 1.35. The Morgan fingerprint density at radius 3 is 2.65 bits per heavy atom. The zero-order valence-corrected chi connectivity index (χ0v) is 15.7. The first kappa shape index (κ1) is 19.7. The molecule has 1 unspecified atom stereocenters. The Hall–Kier alpha value is -2.60. The molecule has 0 aliphatic carbocycles. The molecule has 140 valence electrons. The van der Waals surface area contributed by atoms with E-state index in [1.807, 2.05) is 36.4 Å². The molecular weight excluding hydrogens is 328 g/mol. The molecule has 0 aliphatic heterocycles. The van der Waals surface area contributed by atoms with Gasteiger partial charge in [0.2, 0.25) is 5.88 Å². The molecule has 0 amide bonds. The summed E-state index contributed by atoms with van der Waals surface area (Å²) in [4.78, 5) is 8.59. The van der Waals surface area contributed by atoms with Crippen LogP contribution in [0.25, 0.3) is 0 Å². The Labute approximate surface area is 155 Å². The third-order valence-electron chi connectivity index (χ3n) is 3.90. The lowest BCUT2D eigenvalue weighted by Crippen LogP contribution is -2.37. The van der Waals surface area contributed by atoms with Crippen LogP contribution in [0.2, 0.25) is 0 Å². The SMILES string of the molecule is CN=C(NCCCOC(C)c1ccccc1)NCc1cccc(OC)n1. The number of guanidine groups is 1. The van der Waals surface area contributed by atoms with Crippen molar-refractivity contribution in [2.45, 2.75) is 26.0 Å². The van der Waals surface area contributed by atoms with E-state index in [0.29, 0.717) is 19.0 Å². The smallest absolute Gasteiger partial charge is 0.213 e. The Kier molecular flexibility index (Phi) is 8.42. The molecule has 6 heteroatoms. The predicted molar refractivity (Wildman–Crippen MR) is 104 cm³/mol. The van der Waals surface area contributed by atoms with E-state index >= 15 is 0 Å². The molecule has 1 aromatic carbocycles. The van der Waals surface area contributed by atoms with Crippen molar-refractivity contribution in [1.82, 2.24) is 15.6 Å². The summed E-state index contributed by atoms with van der Waals surface area (Å²) in [5.41, 5.74) is 2.09. The van der Waals surface area contributed by atoms with Crippen molar-refractivity contribution in [3.05, 3.63) is 59.8 Å². The van der Waals surface area contributed by atoms with Crippen molar-refractivity contribution < 1.29 is 9.47 Å². The molecule has 0 saturated heterocycles. The van der Waals surface area contributed by atoms with Crippen LogP contribution < -0.4 is 15.4 Å². The van der Waals surface area contributed by atoms with Gasteiger partial charge in [-0.1, -0.05) is 36.4 Å². The molecule has 2 aromatic rings. The fraction of sp³-hybridized carbons (Fsp3) is 0.400. The van der Waals surface area contributed by atoms with Gasteiger partial charge in [-0.2, -0.15) is 0 Å². The highest BCUT2D eigenvalue weighted by Crippen LogP contribution is 2.15. The van der Waals surface area contributed by atoms with E-state index in [1.54, 1.807) is 14.2 Å². The Balaban J connectivity index is 1.64. The number of pyridine rings is 1. The first-order valence-electron chi connectivity index (χ1n) is 8.84. The second-order valence-electron chi connectivity index (χ2n) is 5.80. The molecule has 1 atom stereocenters. The maximum Gasteiger partial charge on any atom is 0.213 e. The van der Waals surface area contributed by atoms with Crippen molar-refractivity contribution in [2.75, 3.05) is 27.3 Å². The number of hydrogen-bond donors (Lipinski definition) is 2. The van der Waals surface area contributed by atoms with Gasteiger partial charge in [-0.3, -0.25) is 4.99 Å². The van der Waals surface area contributed by atoms with Crippen LogP contribution in [0.5, 0.6) is 5.88 Å². The van der Waals surface area contributed by atoms with Crippen LogP contribution in [0, 0.1) is 0 Å². The van der Waals surface area contributed by atoms with Crippen LogP contribution in [0.15, 0.2) is 53.5 Å². The Bertz CT molecular complexity index is 677. The highest BCUT2D eigenvalue weighted by atomic mass is 16.5. The lowest BCUT2D eigenvalue weighted by atomic mass is 10.1. The third-order valence-corrected chi connectivity index (χ3v) is 3.90. The van der Waals surface area contributed by atoms with Crippen LogP contribution in [0.4, 0.5) is 0 Å². The van der Waals surface area contributed by atoms with Gasteiger partial charge in [-0.05, 0) is 25.0 Å². The molecular formula is C20H28N4O2. The van der Waals surface area contributed by atoms with Gasteiger partial charge in [0.05, 0.1) is 25.5 Å². The lowest BCUT2D eigenvalue weighted by molar-refractivity contribution is 0.0646. The first-order valence-corrected chi connectivity index (χ1v) is 8.84. The minimum Gasteiger partial charge on any atom is -0.481 e. The second kappa shape index (κ2) is 11.1. The van der Waals surface area contributed by atoms with E-state index < -0.39 is 0 Å². The van der Waals surface area contributed by atoms with E-state index in [1.165, 1.54) is 5.56 Å². The lowest BCUT2D eigenvalue weighted by Gasteiger charge is -2.15. The molecule has 1 aromatic heterocycles. The van der Waals surface area contributed by atoms with Gasteiger partial charge in [-0.15, -0.1) is 0 Å². The first-order chi connectivity index (χ1) is 12.7. The average molecular weight is 356 g/mol. The van der Waals surface area contributed by atoms with Crippen LogP contribution in [-0.4, -0.2) is 38.3 Å². The summed E-state index contributed by atoms with van der Waals surface area (Å²) in [5, 5.41) is 6.52. The number of benzene rings is 1. The number of rotatable bonds is 9. The Morgan fingerprint density at radius 1 is 1.12 bits per heavy atom. The number of hydrogen-bond acceptors (Lipinski definition) is 4. The minimum atomic E-state index is 0.104. The van der Waals surface area contributed by atoms with Crippen molar-refractivity contribution in [2.24, 2.45) is 4.99 Å². The number of nitrogens with zero attached hydrogens (tertiary/aromatic N) is 2. The van der Waals surface area contributed by atoms with Crippen LogP contribution in [0.1, 0.15) is 30.7 Å². The molecule has 2 N–H and O–H groups in total. The maximum atomic E-state index is 5.87. The molecule has 0 saturated carbocycles. The number of methoxy groups -OCH3 is 1. The number of aromatic nitrogens is 1. The highest BCUT2D eigenvalue weighted by molar-refractivity contribution is 5.79. The average Bonchev–Trinajstić information content (AvgIpc) is 2.70. The highest BCUT2D eigenvalue weighted by Gasteiger charge is 2.05. The summed E-state index contributed by atoms with van der Waals surface area (Å²) < 4.78 is 11.0. The fourth-order valence-corrected chi connectivity index (χ4v) is 2.42. The summed E-state index contributed by atoms with van der Waals surface area (Å²) >= 11 is 0. The maximum absolute atomic E-state index is 5.87. The monoisotopic (exact) mass is 356 g/mol. The van der Waals surface area contributed by atoms with Gasteiger partial charge in [0, 0.05) is 26.3 Å². The molecule has 26 heavy (non-hydrogen) atoms. The molecule has 6 nitrogen and oxygen atoms in total. The van der Waals surface area contributed by atoms with Gasteiger partial charge in [0.25, 0.3) is 0 Å². The van der Waals surface area contributed by atoms with Gasteiger partial charge >= 0.3 is 0 Å². The fourth-order valence-electron chi connectivity index (χ4n) is 2.42. The number of nitrogens with one attached hydrogen (secondary N) is 2. The second-order valence-corrected chi connectivity index (χ2v) is 5.80. The molecule has 2 rings (SSSR count). The summed E-state index contributed by atoms with van der Waals surface area (Å²) in [6.07, 6.45) is 1.00. The molecule has 0 bridgehead atoms. The molecule has 0 aliphatic rings. The van der Waals surface area contributed by atoms with Gasteiger partial charge < -0.3 is 20.1 Å². The van der Waals surface area contributed by atoms with Crippen LogP contribution >= 0.6 is 0 Å². The van der Waals surface area contributed by atoms with E-state index in [2.05, 4.69) is 39.7 Å². The zero-order valence-electron chi connectivity index (χ0n) is 15.7. The topological polar surface area (TPSA) is 67.8 Å². The van der Waals surface area contributed by atoms with E-state index in [4.69, 9.17) is 9.47 Å². The standard InChI is InChI=1S/C20H28N4O2/c1-16(17-9-5-4-6-10-17)26-14-8-13-22-20(21-2)23-15-18-11-7-12-19(24-18)25-3/h4-7,9-12,16H,8,13-15H2,1-3H3,(H2,21,22,23). The third kappa shape index (κ3) is 6.72. The minimum absolute atomic E-state index is 0.104.